The lowest BCUT2D eigenvalue weighted by atomic mass is 9.87. The van der Waals surface area contributed by atoms with Gasteiger partial charge < -0.3 is 10.2 Å². The minimum absolute atomic E-state index is 0.725. The zero-order chi connectivity index (χ0) is 12.7. The van der Waals surface area contributed by atoms with E-state index in [0.29, 0.717) is 0 Å². The van der Waals surface area contributed by atoms with Gasteiger partial charge in [-0.25, -0.2) is 0 Å². The van der Waals surface area contributed by atoms with Crippen LogP contribution >= 0.6 is 0 Å². The third kappa shape index (κ3) is 5.39. The second-order valence-corrected chi connectivity index (χ2v) is 5.89. The molecule has 1 aliphatic heterocycles. The molecule has 0 aliphatic carbocycles. The van der Waals surface area contributed by atoms with Gasteiger partial charge >= 0.3 is 0 Å². The van der Waals surface area contributed by atoms with E-state index in [1.807, 2.05) is 0 Å². The zero-order valence-corrected chi connectivity index (χ0v) is 12.3. The molecule has 1 heterocycles. The van der Waals surface area contributed by atoms with Crippen LogP contribution < -0.4 is 5.32 Å². The van der Waals surface area contributed by atoms with Crippen molar-refractivity contribution in [3.63, 3.8) is 0 Å². The highest BCUT2D eigenvalue weighted by molar-refractivity contribution is 4.75. The summed E-state index contributed by atoms with van der Waals surface area (Å²) in [5.41, 5.74) is 0. The molecule has 2 heteroatoms. The summed E-state index contributed by atoms with van der Waals surface area (Å²) in [4.78, 5) is 2.63. The molecule has 17 heavy (non-hydrogen) atoms. The van der Waals surface area contributed by atoms with E-state index in [-0.39, 0.29) is 0 Å². The minimum atomic E-state index is 0.725. The molecule has 1 fully saturated rings. The Labute approximate surface area is 108 Å². The number of rotatable bonds is 7. The monoisotopic (exact) mass is 240 g/mol. The quantitative estimate of drug-likeness (QED) is 0.735. The van der Waals surface area contributed by atoms with Gasteiger partial charge in [-0.3, -0.25) is 0 Å². The molecule has 2 nitrogen and oxygen atoms in total. The van der Waals surface area contributed by atoms with Gasteiger partial charge in [0, 0.05) is 19.1 Å². The molecule has 102 valence electrons. The highest BCUT2D eigenvalue weighted by atomic mass is 15.1. The third-order valence-electron chi connectivity index (χ3n) is 4.42. The lowest BCUT2D eigenvalue weighted by Gasteiger charge is -2.34. The molecule has 0 unspecified atom stereocenters. The molecule has 0 amide bonds. The molecular weight excluding hydrogens is 208 g/mol. The van der Waals surface area contributed by atoms with E-state index in [1.165, 1.54) is 51.9 Å². The van der Waals surface area contributed by atoms with E-state index < -0.39 is 0 Å². The van der Waals surface area contributed by atoms with Gasteiger partial charge in [0.05, 0.1) is 0 Å². The number of likely N-dealkylation sites (tertiary alicyclic amines) is 1. The largest absolute Gasteiger partial charge is 0.313 e. The average Bonchev–Trinajstić information content (AvgIpc) is 2.35. The van der Waals surface area contributed by atoms with Crippen LogP contribution in [-0.4, -0.2) is 37.1 Å². The summed E-state index contributed by atoms with van der Waals surface area (Å²) in [7, 11) is 0. The lowest BCUT2D eigenvalue weighted by molar-refractivity contribution is 0.157. The van der Waals surface area contributed by atoms with Crippen LogP contribution in [0.4, 0.5) is 0 Å². The van der Waals surface area contributed by atoms with Crippen LogP contribution in [0.5, 0.6) is 0 Å². The van der Waals surface area contributed by atoms with E-state index in [9.17, 15) is 0 Å². The first-order chi connectivity index (χ1) is 8.17. The molecule has 1 rings (SSSR count). The highest BCUT2D eigenvalue weighted by Gasteiger charge is 2.20. The summed E-state index contributed by atoms with van der Waals surface area (Å²) >= 11 is 0. The Morgan fingerprint density at radius 3 is 2.18 bits per heavy atom. The maximum atomic E-state index is 3.66. The molecule has 1 aliphatic rings. The van der Waals surface area contributed by atoms with Crippen molar-refractivity contribution in [1.29, 1.82) is 0 Å². The Bertz CT molecular complexity index is 179. The van der Waals surface area contributed by atoms with Gasteiger partial charge in [0.25, 0.3) is 0 Å². The third-order valence-corrected chi connectivity index (χ3v) is 4.42. The average molecular weight is 240 g/mol. The molecular formula is C15H32N2. The summed E-state index contributed by atoms with van der Waals surface area (Å²) in [5.74, 6) is 1.85. The van der Waals surface area contributed by atoms with Crippen LogP contribution in [0, 0.1) is 11.8 Å². The molecule has 0 saturated carbocycles. The lowest BCUT2D eigenvalue weighted by Crippen LogP contribution is -2.41. The zero-order valence-electron chi connectivity index (χ0n) is 12.3. The van der Waals surface area contributed by atoms with Gasteiger partial charge in [-0.05, 0) is 50.6 Å². The molecule has 0 bridgehead atoms. The topological polar surface area (TPSA) is 15.3 Å². The summed E-state index contributed by atoms with van der Waals surface area (Å²) in [5, 5.41) is 3.66. The van der Waals surface area contributed by atoms with Crippen LogP contribution in [0.15, 0.2) is 0 Å². The normalized spacial score (nSPS) is 19.4. The Morgan fingerprint density at radius 1 is 1.12 bits per heavy atom. The Morgan fingerprint density at radius 2 is 1.71 bits per heavy atom. The van der Waals surface area contributed by atoms with E-state index in [4.69, 9.17) is 0 Å². The smallest absolute Gasteiger partial charge is 0.0107 e. The fourth-order valence-corrected chi connectivity index (χ4v) is 2.85. The number of hydrogen-bond donors (Lipinski definition) is 1. The van der Waals surface area contributed by atoms with Crippen molar-refractivity contribution in [2.75, 3.05) is 26.2 Å². The highest BCUT2D eigenvalue weighted by Crippen LogP contribution is 2.23. The van der Waals surface area contributed by atoms with Gasteiger partial charge in [0.2, 0.25) is 0 Å². The Hall–Kier alpha value is -0.0800. The van der Waals surface area contributed by atoms with E-state index in [2.05, 4.69) is 37.9 Å². The first-order valence-electron chi connectivity index (χ1n) is 7.63. The van der Waals surface area contributed by atoms with Crippen LogP contribution in [0.1, 0.15) is 53.4 Å². The van der Waals surface area contributed by atoms with Gasteiger partial charge in [0.15, 0.2) is 0 Å². The summed E-state index contributed by atoms with van der Waals surface area (Å²) in [6.45, 7) is 14.3. The van der Waals surface area contributed by atoms with E-state index >= 15 is 0 Å². The van der Waals surface area contributed by atoms with Crippen molar-refractivity contribution in [2.45, 2.75) is 59.4 Å². The molecule has 0 aromatic carbocycles. The van der Waals surface area contributed by atoms with Crippen molar-refractivity contribution in [3.05, 3.63) is 0 Å². The van der Waals surface area contributed by atoms with Crippen molar-refractivity contribution in [1.82, 2.24) is 10.2 Å². The van der Waals surface area contributed by atoms with Crippen molar-refractivity contribution in [2.24, 2.45) is 11.8 Å². The van der Waals surface area contributed by atoms with E-state index in [0.717, 1.165) is 17.9 Å². The summed E-state index contributed by atoms with van der Waals surface area (Å²) in [6, 6.07) is 0.725. The maximum absolute atomic E-state index is 3.66. The van der Waals surface area contributed by atoms with Gasteiger partial charge in [0.1, 0.15) is 0 Å². The summed E-state index contributed by atoms with van der Waals surface area (Å²) in [6.07, 6.45) is 5.32. The number of nitrogens with zero attached hydrogens (tertiary/aromatic N) is 1. The number of nitrogens with one attached hydrogen (secondary N) is 1. The SMILES string of the molecule is CCC(CC)NCCN1CCC(C(C)C)CC1. The maximum Gasteiger partial charge on any atom is 0.0107 e. The molecule has 0 aromatic rings. The molecule has 0 atom stereocenters. The molecule has 1 saturated heterocycles. The molecule has 0 radical (unpaired) electrons. The van der Waals surface area contributed by atoms with Crippen LogP contribution in [0.2, 0.25) is 0 Å². The molecule has 1 N–H and O–H groups in total. The first-order valence-corrected chi connectivity index (χ1v) is 7.63. The number of hydrogen-bond acceptors (Lipinski definition) is 2. The fourth-order valence-electron chi connectivity index (χ4n) is 2.85. The molecule has 0 spiro atoms. The van der Waals surface area contributed by atoms with Gasteiger partial charge in [-0.1, -0.05) is 27.7 Å². The fraction of sp³-hybridized carbons (Fsp3) is 1.00. The van der Waals surface area contributed by atoms with Crippen molar-refractivity contribution < 1.29 is 0 Å². The Kier molecular flexibility index (Phi) is 7.14. The molecule has 0 aromatic heterocycles. The van der Waals surface area contributed by atoms with Crippen molar-refractivity contribution >= 4 is 0 Å². The van der Waals surface area contributed by atoms with Crippen LogP contribution in [0.25, 0.3) is 0 Å². The minimum Gasteiger partial charge on any atom is -0.313 e. The predicted molar refractivity (Wildman–Crippen MR) is 76.4 cm³/mol. The van der Waals surface area contributed by atoms with Gasteiger partial charge in [-0.2, -0.15) is 0 Å². The van der Waals surface area contributed by atoms with Crippen molar-refractivity contribution in [3.8, 4) is 0 Å². The van der Waals surface area contributed by atoms with Crippen LogP contribution in [-0.2, 0) is 0 Å². The second-order valence-electron chi connectivity index (χ2n) is 5.89. The standard InChI is InChI=1S/C15H32N2/c1-5-15(6-2)16-9-12-17-10-7-14(8-11-17)13(3)4/h13-16H,5-12H2,1-4H3. The Balaban J connectivity index is 2.10. The van der Waals surface area contributed by atoms with Gasteiger partial charge in [-0.15, -0.1) is 0 Å². The second kappa shape index (κ2) is 8.10. The first kappa shape index (κ1) is 15.0. The number of piperidine rings is 1. The van der Waals surface area contributed by atoms with Crippen LogP contribution in [0.3, 0.4) is 0 Å². The summed E-state index contributed by atoms with van der Waals surface area (Å²) < 4.78 is 0. The predicted octanol–water partition coefficient (Wildman–Crippen LogP) is 3.13. The van der Waals surface area contributed by atoms with E-state index in [1.54, 1.807) is 0 Å².